The van der Waals surface area contributed by atoms with Crippen LogP contribution < -0.4 is 5.56 Å². The summed E-state index contributed by atoms with van der Waals surface area (Å²) in [4.78, 5) is 22.2. The average Bonchev–Trinajstić information content (AvgIpc) is 2.93. The van der Waals surface area contributed by atoms with E-state index < -0.39 is 36.8 Å². The summed E-state index contributed by atoms with van der Waals surface area (Å²) in [6.45, 7) is 1.09. The van der Waals surface area contributed by atoms with Crippen LogP contribution in [-0.2, 0) is 4.74 Å². The number of ether oxygens (including phenoxy) is 1. The molecule has 0 spiro atoms. The third-order valence-corrected chi connectivity index (χ3v) is 3.30. The molecular weight excluding hydrogens is 271 g/mol. The minimum Gasteiger partial charge on any atom is -0.394 e. The number of nitrogens with zero attached hydrogens (tertiary/aromatic N) is 3. The Morgan fingerprint density at radius 3 is 3.00 bits per heavy atom. The Morgan fingerprint density at radius 1 is 1.60 bits per heavy atom. The molecule has 0 amide bonds. The highest BCUT2D eigenvalue weighted by Gasteiger charge is 2.45. The van der Waals surface area contributed by atoms with Crippen molar-refractivity contribution < 1.29 is 19.3 Å². The lowest BCUT2D eigenvalue weighted by atomic mass is 10.1. The van der Waals surface area contributed by atoms with Crippen LogP contribution in [0.15, 0.2) is 11.1 Å². The molecule has 0 radical (unpaired) electrons. The van der Waals surface area contributed by atoms with Crippen molar-refractivity contribution in [2.45, 2.75) is 31.5 Å². The SMILES string of the molecule is Cc1nc2c(ncn2[C@@H]2O[C@H](CO)C(O)[C@@H]2F)c(=O)[nH]1. The zero-order chi connectivity index (χ0) is 14.4. The summed E-state index contributed by atoms with van der Waals surface area (Å²) in [7, 11) is 0. The number of aromatic nitrogens is 4. The Hall–Kier alpha value is -1.84. The molecule has 3 N–H and O–H groups in total. The number of imidazole rings is 1. The van der Waals surface area contributed by atoms with Crippen molar-refractivity contribution in [3.63, 3.8) is 0 Å². The van der Waals surface area contributed by atoms with Gasteiger partial charge in [0.25, 0.3) is 5.56 Å². The fourth-order valence-electron chi connectivity index (χ4n) is 2.30. The number of aromatic amines is 1. The first kappa shape index (κ1) is 13.2. The average molecular weight is 284 g/mol. The van der Waals surface area contributed by atoms with E-state index >= 15 is 0 Å². The van der Waals surface area contributed by atoms with Gasteiger partial charge in [-0.2, -0.15) is 0 Å². The van der Waals surface area contributed by atoms with Crippen molar-refractivity contribution in [1.29, 1.82) is 0 Å². The van der Waals surface area contributed by atoms with E-state index in [1.165, 1.54) is 10.9 Å². The molecule has 4 atom stereocenters. The van der Waals surface area contributed by atoms with E-state index in [9.17, 15) is 14.3 Å². The highest BCUT2D eigenvalue weighted by Crippen LogP contribution is 2.32. The second kappa shape index (κ2) is 4.62. The van der Waals surface area contributed by atoms with Crippen LogP contribution >= 0.6 is 0 Å². The van der Waals surface area contributed by atoms with Gasteiger partial charge < -0.3 is 19.9 Å². The van der Waals surface area contributed by atoms with Gasteiger partial charge in [0.2, 0.25) is 0 Å². The third kappa shape index (κ3) is 1.82. The third-order valence-electron chi connectivity index (χ3n) is 3.30. The maximum atomic E-state index is 14.1. The van der Waals surface area contributed by atoms with Crippen molar-refractivity contribution in [2.24, 2.45) is 0 Å². The number of rotatable bonds is 2. The zero-order valence-electron chi connectivity index (χ0n) is 10.5. The van der Waals surface area contributed by atoms with Gasteiger partial charge in [-0.25, -0.2) is 14.4 Å². The van der Waals surface area contributed by atoms with E-state index in [2.05, 4.69) is 15.0 Å². The number of aliphatic hydroxyl groups excluding tert-OH is 2. The second-order valence-electron chi connectivity index (χ2n) is 4.66. The summed E-state index contributed by atoms with van der Waals surface area (Å²) < 4.78 is 20.6. The summed E-state index contributed by atoms with van der Waals surface area (Å²) in [6.07, 6.45) is -4.15. The summed E-state index contributed by atoms with van der Waals surface area (Å²) in [6, 6.07) is 0. The van der Waals surface area contributed by atoms with Gasteiger partial charge in [0.05, 0.1) is 12.9 Å². The van der Waals surface area contributed by atoms with E-state index in [0.29, 0.717) is 5.82 Å². The Kier molecular flexibility index (Phi) is 3.04. The molecule has 8 nitrogen and oxygen atoms in total. The molecule has 2 aromatic heterocycles. The Labute approximate surface area is 111 Å². The van der Waals surface area contributed by atoms with Gasteiger partial charge in [-0.3, -0.25) is 9.36 Å². The standard InChI is InChI=1S/C11H13FN4O4/c1-4-14-9-7(10(19)15-4)13-3-16(9)11-6(12)8(18)5(2-17)20-11/h3,5-6,8,11,17-18H,2H2,1H3,(H,14,15,19)/t5-,6+,8?,11-/m1/s1. The Balaban J connectivity index is 2.09. The molecule has 9 heteroatoms. The van der Waals surface area contributed by atoms with Crippen LogP contribution in [0, 0.1) is 6.92 Å². The fraction of sp³-hybridized carbons (Fsp3) is 0.545. The molecule has 108 valence electrons. The minimum absolute atomic E-state index is 0.0633. The quantitative estimate of drug-likeness (QED) is 0.653. The first-order chi connectivity index (χ1) is 9.52. The predicted octanol–water partition coefficient (Wildman–Crippen LogP) is -0.983. The van der Waals surface area contributed by atoms with Crippen molar-refractivity contribution in [2.75, 3.05) is 6.61 Å². The number of fused-ring (bicyclic) bond motifs is 1. The van der Waals surface area contributed by atoms with Gasteiger partial charge in [0.15, 0.2) is 23.6 Å². The number of hydrogen-bond donors (Lipinski definition) is 3. The molecule has 1 fully saturated rings. The van der Waals surface area contributed by atoms with Gasteiger partial charge >= 0.3 is 0 Å². The lowest BCUT2D eigenvalue weighted by Crippen LogP contribution is -2.30. The normalized spacial score (nSPS) is 30.2. The highest BCUT2D eigenvalue weighted by molar-refractivity contribution is 5.69. The number of hydrogen-bond acceptors (Lipinski definition) is 6. The topological polar surface area (TPSA) is 113 Å². The molecule has 2 aromatic rings. The molecule has 3 heterocycles. The zero-order valence-corrected chi connectivity index (χ0v) is 10.5. The number of aryl methyl sites for hydroxylation is 1. The van der Waals surface area contributed by atoms with Crippen LogP contribution in [0.5, 0.6) is 0 Å². The molecule has 20 heavy (non-hydrogen) atoms. The Morgan fingerprint density at radius 2 is 2.35 bits per heavy atom. The van der Waals surface area contributed by atoms with Crippen LogP contribution in [0.1, 0.15) is 12.1 Å². The molecule has 1 aliphatic rings. The maximum absolute atomic E-state index is 14.1. The monoisotopic (exact) mass is 284 g/mol. The summed E-state index contributed by atoms with van der Waals surface area (Å²) in [5, 5.41) is 18.6. The largest absolute Gasteiger partial charge is 0.394 e. The van der Waals surface area contributed by atoms with E-state index in [1.807, 2.05) is 0 Å². The van der Waals surface area contributed by atoms with Crippen LogP contribution in [-0.4, -0.2) is 54.7 Å². The Bertz CT molecular complexity index is 699. The number of alkyl halides is 1. The number of halogens is 1. The predicted molar refractivity (Wildman–Crippen MR) is 64.8 cm³/mol. The molecule has 3 rings (SSSR count). The number of aliphatic hydroxyl groups is 2. The first-order valence-electron chi connectivity index (χ1n) is 6.05. The molecular formula is C11H13FN4O4. The molecule has 0 bridgehead atoms. The van der Waals surface area contributed by atoms with Gasteiger partial charge in [-0.05, 0) is 6.92 Å². The number of nitrogens with one attached hydrogen (secondary N) is 1. The minimum atomic E-state index is -1.74. The first-order valence-corrected chi connectivity index (χ1v) is 6.05. The second-order valence-corrected chi connectivity index (χ2v) is 4.66. The van der Waals surface area contributed by atoms with Crippen molar-refractivity contribution >= 4 is 11.2 Å². The van der Waals surface area contributed by atoms with Gasteiger partial charge in [0, 0.05) is 0 Å². The smallest absolute Gasteiger partial charge is 0.279 e. The van der Waals surface area contributed by atoms with Crippen molar-refractivity contribution in [3.05, 3.63) is 22.5 Å². The van der Waals surface area contributed by atoms with Gasteiger partial charge in [0.1, 0.15) is 18.0 Å². The van der Waals surface area contributed by atoms with Crippen molar-refractivity contribution in [3.8, 4) is 0 Å². The molecule has 0 aromatic carbocycles. The molecule has 0 saturated carbocycles. The lowest BCUT2D eigenvalue weighted by Gasteiger charge is -2.14. The van der Waals surface area contributed by atoms with Gasteiger partial charge in [-0.15, -0.1) is 0 Å². The molecule has 1 aliphatic heterocycles. The van der Waals surface area contributed by atoms with E-state index in [0.717, 1.165) is 0 Å². The summed E-state index contributed by atoms with van der Waals surface area (Å²) in [5.74, 6) is 0.358. The van der Waals surface area contributed by atoms with Crippen LogP contribution in [0.4, 0.5) is 4.39 Å². The van der Waals surface area contributed by atoms with Crippen LogP contribution in [0.3, 0.4) is 0 Å². The maximum Gasteiger partial charge on any atom is 0.279 e. The number of H-pyrrole nitrogens is 1. The molecule has 1 saturated heterocycles. The fourth-order valence-corrected chi connectivity index (χ4v) is 2.30. The summed E-state index contributed by atoms with van der Waals surface area (Å²) in [5.41, 5.74) is -0.197. The van der Waals surface area contributed by atoms with Crippen LogP contribution in [0.25, 0.3) is 11.2 Å². The van der Waals surface area contributed by atoms with E-state index in [4.69, 9.17) is 9.84 Å². The van der Waals surface area contributed by atoms with Crippen molar-refractivity contribution in [1.82, 2.24) is 19.5 Å². The van der Waals surface area contributed by atoms with Gasteiger partial charge in [-0.1, -0.05) is 0 Å². The molecule has 0 aliphatic carbocycles. The van der Waals surface area contributed by atoms with E-state index in [-0.39, 0.29) is 11.2 Å². The van der Waals surface area contributed by atoms with E-state index in [1.54, 1.807) is 6.92 Å². The molecule has 1 unspecified atom stereocenters. The van der Waals surface area contributed by atoms with Crippen LogP contribution in [0.2, 0.25) is 0 Å². The lowest BCUT2D eigenvalue weighted by molar-refractivity contribution is -0.0459. The highest BCUT2D eigenvalue weighted by atomic mass is 19.1. The summed E-state index contributed by atoms with van der Waals surface area (Å²) >= 11 is 0.